The lowest BCUT2D eigenvalue weighted by atomic mass is 10.1. The standard InChI is InChI=1S/C19H23ClN2O/c1-4-15-9-11-16(12-10-15)22-19(23)14(3)21-13(2)17-7-5-6-8-18(17)20/h5-14,21H,4H2,1-3H3,(H,22,23)/p+1/t13-,14+/m0/s1. The first-order valence-electron chi connectivity index (χ1n) is 8.00. The predicted octanol–water partition coefficient (Wildman–Crippen LogP) is 3.55. The van der Waals surface area contributed by atoms with Crippen molar-refractivity contribution in [2.24, 2.45) is 0 Å². The number of anilines is 1. The molecular weight excluding hydrogens is 308 g/mol. The molecule has 122 valence electrons. The molecule has 0 bridgehead atoms. The number of nitrogens with two attached hydrogens (primary N) is 1. The number of halogens is 1. The molecule has 2 aromatic carbocycles. The third-order valence-electron chi connectivity index (χ3n) is 4.02. The molecule has 23 heavy (non-hydrogen) atoms. The maximum absolute atomic E-state index is 12.3. The van der Waals surface area contributed by atoms with E-state index in [1.54, 1.807) is 0 Å². The summed E-state index contributed by atoms with van der Waals surface area (Å²) in [6, 6.07) is 15.6. The van der Waals surface area contributed by atoms with Gasteiger partial charge in [0.15, 0.2) is 6.04 Å². The molecule has 3 N–H and O–H groups in total. The van der Waals surface area contributed by atoms with Gasteiger partial charge in [0.25, 0.3) is 5.91 Å². The highest BCUT2D eigenvalue weighted by Gasteiger charge is 2.21. The summed E-state index contributed by atoms with van der Waals surface area (Å²) < 4.78 is 0. The van der Waals surface area contributed by atoms with E-state index in [2.05, 4.69) is 19.2 Å². The van der Waals surface area contributed by atoms with Crippen molar-refractivity contribution >= 4 is 23.2 Å². The summed E-state index contributed by atoms with van der Waals surface area (Å²) >= 11 is 6.22. The number of carbonyl (C=O) groups is 1. The van der Waals surface area contributed by atoms with E-state index in [1.807, 2.05) is 60.8 Å². The molecule has 2 rings (SSSR count). The number of aryl methyl sites for hydroxylation is 1. The molecule has 0 aliphatic rings. The van der Waals surface area contributed by atoms with Gasteiger partial charge in [0, 0.05) is 16.3 Å². The van der Waals surface area contributed by atoms with Crippen LogP contribution in [0.2, 0.25) is 5.02 Å². The Bertz CT molecular complexity index is 655. The second-order valence-corrected chi connectivity index (χ2v) is 6.24. The van der Waals surface area contributed by atoms with Gasteiger partial charge in [-0.05, 0) is 44.0 Å². The van der Waals surface area contributed by atoms with Crippen molar-refractivity contribution in [1.82, 2.24) is 0 Å². The van der Waals surface area contributed by atoms with E-state index in [4.69, 9.17) is 11.6 Å². The first kappa shape index (κ1) is 17.5. The second kappa shape index (κ2) is 8.14. The van der Waals surface area contributed by atoms with Crippen LogP contribution in [-0.2, 0) is 11.2 Å². The highest BCUT2D eigenvalue weighted by Crippen LogP contribution is 2.19. The van der Waals surface area contributed by atoms with Crippen molar-refractivity contribution in [1.29, 1.82) is 0 Å². The van der Waals surface area contributed by atoms with Gasteiger partial charge in [0.1, 0.15) is 6.04 Å². The highest BCUT2D eigenvalue weighted by molar-refractivity contribution is 6.31. The lowest BCUT2D eigenvalue weighted by Crippen LogP contribution is -2.91. The Morgan fingerprint density at radius 2 is 1.78 bits per heavy atom. The molecule has 0 aromatic heterocycles. The number of nitrogens with one attached hydrogen (secondary N) is 1. The van der Waals surface area contributed by atoms with Crippen molar-refractivity contribution in [3.8, 4) is 0 Å². The zero-order valence-electron chi connectivity index (χ0n) is 13.8. The highest BCUT2D eigenvalue weighted by atomic mass is 35.5. The van der Waals surface area contributed by atoms with E-state index in [9.17, 15) is 4.79 Å². The number of hydrogen-bond acceptors (Lipinski definition) is 1. The van der Waals surface area contributed by atoms with Gasteiger partial charge in [-0.25, -0.2) is 0 Å². The first-order valence-corrected chi connectivity index (χ1v) is 8.38. The van der Waals surface area contributed by atoms with Gasteiger partial charge in [-0.1, -0.05) is 48.9 Å². The van der Waals surface area contributed by atoms with Crippen LogP contribution in [0.25, 0.3) is 0 Å². The van der Waals surface area contributed by atoms with Crippen LogP contribution in [0.15, 0.2) is 48.5 Å². The summed E-state index contributed by atoms with van der Waals surface area (Å²) in [5.41, 5.74) is 3.13. The SMILES string of the molecule is CCc1ccc(NC(=O)[C@@H](C)[NH2+][C@@H](C)c2ccccc2Cl)cc1. The Morgan fingerprint density at radius 1 is 1.13 bits per heavy atom. The molecule has 0 heterocycles. The van der Waals surface area contributed by atoms with Crippen LogP contribution in [0.1, 0.15) is 37.9 Å². The summed E-state index contributed by atoms with van der Waals surface area (Å²) in [6.45, 7) is 6.07. The van der Waals surface area contributed by atoms with Gasteiger partial charge < -0.3 is 10.6 Å². The van der Waals surface area contributed by atoms with Gasteiger partial charge >= 0.3 is 0 Å². The largest absolute Gasteiger partial charge is 0.330 e. The molecule has 0 unspecified atom stereocenters. The molecule has 0 radical (unpaired) electrons. The van der Waals surface area contributed by atoms with E-state index in [1.165, 1.54) is 5.56 Å². The van der Waals surface area contributed by atoms with Gasteiger partial charge in [-0.15, -0.1) is 0 Å². The normalized spacial score (nSPS) is 13.4. The third-order valence-corrected chi connectivity index (χ3v) is 4.36. The number of rotatable bonds is 6. The Labute approximate surface area is 143 Å². The monoisotopic (exact) mass is 331 g/mol. The van der Waals surface area contributed by atoms with Crippen LogP contribution in [0.4, 0.5) is 5.69 Å². The topological polar surface area (TPSA) is 45.7 Å². The zero-order valence-corrected chi connectivity index (χ0v) is 14.6. The smallest absolute Gasteiger partial charge is 0.282 e. The Balaban J connectivity index is 1.95. The predicted molar refractivity (Wildman–Crippen MR) is 95.7 cm³/mol. The van der Waals surface area contributed by atoms with Crippen molar-refractivity contribution in [3.05, 3.63) is 64.7 Å². The molecule has 1 amide bonds. The number of hydrogen-bond donors (Lipinski definition) is 2. The minimum absolute atomic E-state index is 0.00634. The average molecular weight is 332 g/mol. The molecular formula is C19H24ClN2O+. The lowest BCUT2D eigenvalue weighted by molar-refractivity contribution is -0.709. The molecule has 0 aliphatic carbocycles. The number of benzene rings is 2. The van der Waals surface area contributed by atoms with E-state index in [-0.39, 0.29) is 18.0 Å². The molecule has 0 saturated heterocycles. The number of quaternary nitrogens is 1. The molecule has 0 aliphatic heterocycles. The van der Waals surface area contributed by atoms with E-state index in [0.717, 1.165) is 22.7 Å². The summed E-state index contributed by atoms with van der Waals surface area (Å²) in [5, 5.41) is 5.72. The number of amides is 1. The molecule has 4 heteroatoms. The quantitative estimate of drug-likeness (QED) is 0.835. The Morgan fingerprint density at radius 3 is 2.39 bits per heavy atom. The van der Waals surface area contributed by atoms with E-state index < -0.39 is 0 Å². The molecule has 0 saturated carbocycles. The average Bonchev–Trinajstić information content (AvgIpc) is 2.55. The summed E-state index contributed by atoms with van der Waals surface area (Å²) in [7, 11) is 0. The fourth-order valence-corrected chi connectivity index (χ4v) is 2.86. The molecule has 0 spiro atoms. The fourth-order valence-electron chi connectivity index (χ4n) is 2.55. The Kier molecular flexibility index (Phi) is 6.20. The van der Waals surface area contributed by atoms with Crippen molar-refractivity contribution < 1.29 is 10.1 Å². The molecule has 2 aromatic rings. The van der Waals surface area contributed by atoms with Crippen LogP contribution in [0.3, 0.4) is 0 Å². The molecule has 0 fully saturated rings. The van der Waals surface area contributed by atoms with Crippen LogP contribution in [-0.4, -0.2) is 11.9 Å². The maximum Gasteiger partial charge on any atom is 0.282 e. The molecule has 2 atom stereocenters. The number of carbonyl (C=O) groups excluding carboxylic acids is 1. The zero-order chi connectivity index (χ0) is 16.8. The Hall–Kier alpha value is -1.84. The van der Waals surface area contributed by atoms with E-state index in [0.29, 0.717) is 0 Å². The van der Waals surface area contributed by atoms with Gasteiger partial charge in [0.05, 0.1) is 0 Å². The summed E-state index contributed by atoms with van der Waals surface area (Å²) in [6.07, 6.45) is 0.994. The van der Waals surface area contributed by atoms with Gasteiger partial charge in [0.2, 0.25) is 0 Å². The minimum Gasteiger partial charge on any atom is -0.330 e. The van der Waals surface area contributed by atoms with Crippen molar-refractivity contribution in [2.75, 3.05) is 5.32 Å². The van der Waals surface area contributed by atoms with Crippen molar-refractivity contribution in [2.45, 2.75) is 39.3 Å². The van der Waals surface area contributed by atoms with Crippen LogP contribution >= 0.6 is 11.6 Å². The molecule has 3 nitrogen and oxygen atoms in total. The van der Waals surface area contributed by atoms with Gasteiger partial charge in [-0.2, -0.15) is 0 Å². The van der Waals surface area contributed by atoms with Crippen LogP contribution in [0.5, 0.6) is 0 Å². The fraction of sp³-hybridized carbons (Fsp3) is 0.316. The lowest BCUT2D eigenvalue weighted by Gasteiger charge is -2.17. The van der Waals surface area contributed by atoms with Crippen molar-refractivity contribution in [3.63, 3.8) is 0 Å². The first-order chi connectivity index (χ1) is 11.0. The minimum atomic E-state index is -0.202. The second-order valence-electron chi connectivity index (χ2n) is 5.83. The summed E-state index contributed by atoms with van der Waals surface area (Å²) in [4.78, 5) is 12.3. The van der Waals surface area contributed by atoms with Crippen LogP contribution < -0.4 is 10.6 Å². The van der Waals surface area contributed by atoms with E-state index >= 15 is 0 Å². The third kappa shape index (κ3) is 4.81. The van der Waals surface area contributed by atoms with Gasteiger partial charge in [-0.3, -0.25) is 4.79 Å². The summed E-state index contributed by atoms with van der Waals surface area (Å²) in [5.74, 6) is -0.00634. The van der Waals surface area contributed by atoms with Crippen LogP contribution in [0, 0.1) is 0 Å². The maximum atomic E-state index is 12.3.